The average molecular weight is 667 g/mol. The average Bonchev–Trinajstić information content (AvgIpc) is 3.53. The number of hydrogen-bond acceptors (Lipinski definition) is 3. The summed E-state index contributed by atoms with van der Waals surface area (Å²) < 4.78 is 2.39. The van der Waals surface area contributed by atoms with Crippen molar-refractivity contribution < 1.29 is 0 Å². The normalized spacial score (nSPS) is 11.6. The van der Waals surface area contributed by atoms with Gasteiger partial charge in [-0.05, 0) is 78.4 Å². The lowest BCUT2D eigenvalue weighted by atomic mass is 9.98. The Hall–Kier alpha value is -6.78. The monoisotopic (exact) mass is 666 g/mol. The summed E-state index contributed by atoms with van der Waals surface area (Å²) in [6.45, 7) is 3.11. The number of aromatic nitrogens is 3. The second-order valence-corrected chi connectivity index (χ2v) is 13.3. The van der Waals surface area contributed by atoms with Crippen LogP contribution < -0.4 is 4.90 Å². The summed E-state index contributed by atoms with van der Waals surface area (Å²) in [5.74, 6) is 0. The highest BCUT2D eigenvalue weighted by atomic mass is 15.1. The van der Waals surface area contributed by atoms with E-state index in [9.17, 15) is 0 Å². The van der Waals surface area contributed by atoms with Crippen LogP contribution in [0.15, 0.2) is 176 Å². The minimum Gasteiger partial charge on any atom is -0.341 e. The second-order valence-electron chi connectivity index (χ2n) is 13.3. The van der Waals surface area contributed by atoms with Gasteiger partial charge in [0.1, 0.15) is 0 Å². The SMILES string of the molecule is CCn1c2ccccc2c2cc(-c3nc4ccccc4nc3-c3ccc(N(c4ccccc4)c4c5ccccc5cc5ccccc45)cc3)ccc21. The van der Waals surface area contributed by atoms with E-state index in [0.29, 0.717) is 0 Å². The van der Waals surface area contributed by atoms with Crippen molar-refractivity contribution >= 4 is 71.4 Å². The molecule has 0 amide bonds. The zero-order chi connectivity index (χ0) is 34.6. The Kier molecular flexibility index (Phi) is 7.07. The maximum atomic E-state index is 5.28. The van der Waals surface area contributed by atoms with Gasteiger partial charge in [0.2, 0.25) is 0 Å². The topological polar surface area (TPSA) is 34.0 Å². The first-order chi connectivity index (χ1) is 25.7. The molecule has 4 heteroatoms. The lowest BCUT2D eigenvalue weighted by molar-refractivity contribution is 0.827. The molecule has 246 valence electrons. The van der Waals surface area contributed by atoms with Gasteiger partial charge in [-0.1, -0.05) is 115 Å². The minimum atomic E-state index is 0.866. The summed E-state index contributed by atoms with van der Waals surface area (Å²) in [4.78, 5) is 12.9. The molecule has 10 rings (SSSR count). The molecule has 0 aliphatic rings. The number of fused-ring (bicyclic) bond motifs is 6. The molecule has 0 saturated carbocycles. The van der Waals surface area contributed by atoms with Crippen LogP contribution in [0.1, 0.15) is 6.92 Å². The first kappa shape index (κ1) is 30.1. The number of nitrogens with zero attached hydrogens (tertiary/aromatic N) is 4. The first-order valence-corrected chi connectivity index (χ1v) is 17.9. The fourth-order valence-electron chi connectivity index (χ4n) is 7.93. The van der Waals surface area contributed by atoms with E-state index < -0.39 is 0 Å². The van der Waals surface area contributed by atoms with E-state index in [2.05, 4.69) is 168 Å². The van der Waals surface area contributed by atoms with Crippen LogP contribution in [0, 0.1) is 0 Å². The predicted octanol–water partition coefficient (Wildman–Crippen LogP) is 12.9. The van der Waals surface area contributed by atoms with Crippen LogP contribution >= 0.6 is 0 Å². The van der Waals surface area contributed by atoms with Crippen molar-refractivity contribution in [1.29, 1.82) is 0 Å². The van der Waals surface area contributed by atoms with Crippen LogP contribution in [0.2, 0.25) is 0 Å². The maximum Gasteiger partial charge on any atom is 0.0973 e. The van der Waals surface area contributed by atoms with Crippen LogP contribution in [0.25, 0.3) is 76.9 Å². The molecule has 0 fully saturated rings. The predicted molar refractivity (Wildman–Crippen MR) is 219 cm³/mol. The Morgan fingerprint density at radius 1 is 0.442 bits per heavy atom. The van der Waals surface area contributed by atoms with Gasteiger partial charge in [0, 0.05) is 61.6 Å². The van der Waals surface area contributed by atoms with Crippen molar-refractivity contribution in [2.75, 3.05) is 4.90 Å². The lowest BCUT2D eigenvalue weighted by Crippen LogP contribution is -2.11. The Bertz CT molecular complexity index is 2890. The highest BCUT2D eigenvalue weighted by Crippen LogP contribution is 2.44. The molecule has 0 unspecified atom stereocenters. The highest BCUT2D eigenvalue weighted by Gasteiger charge is 2.20. The summed E-state index contributed by atoms with van der Waals surface area (Å²) in [6, 6.07) is 62.7. The van der Waals surface area contributed by atoms with Gasteiger partial charge in [-0.3, -0.25) is 0 Å². The van der Waals surface area contributed by atoms with Gasteiger partial charge in [-0.2, -0.15) is 0 Å². The highest BCUT2D eigenvalue weighted by molar-refractivity contribution is 6.14. The largest absolute Gasteiger partial charge is 0.341 e. The Morgan fingerprint density at radius 2 is 0.962 bits per heavy atom. The molecular formula is C48H34N4. The summed E-state index contributed by atoms with van der Waals surface area (Å²) in [7, 11) is 0. The van der Waals surface area contributed by atoms with Gasteiger partial charge in [0.25, 0.3) is 0 Å². The molecule has 0 atom stereocenters. The molecule has 4 nitrogen and oxygen atoms in total. The summed E-state index contributed by atoms with van der Waals surface area (Å²) in [6.07, 6.45) is 0. The zero-order valence-corrected chi connectivity index (χ0v) is 28.7. The van der Waals surface area contributed by atoms with Crippen molar-refractivity contribution in [3.63, 3.8) is 0 Å². The number of para-hydroxylation sites is 4. The number of rotatable bonds is 6. The lowest BCUT2D eigenvalue weighted by Gasteiger charge is -2.28. The van der Waals surface area contributed by atoms with Crippen molar-refractivity contribution in [2.45, 2.75) is 13.5 Å². The van der Waals surface area contributed by atoms with E-state index in [1.807, 2.05) is 24.3 Å². The second kappa shape index (κ2) is 12.2. The summed E-state index contributed by atoms with van der Waals surface area (Å²) >= 11 is 0. The fraction of sp³-hybridized carbons (Fsp3) is 0.0417. The Balaban J connectivity index is 1.16. The van der Waals surface area contributed by atoms with Crippen molar-refractivity contribution in [3.8, 4) is 22.5 Å². The molecule has 2 aromatic heterocycles. The maximum absolute atomic E-state index is 5.28. The smallest absolute Gasteiger partial charge is 0.0973 e. The quantitative estimate of drug-likeness (QED) is 0.166. The number of anilines is 3. The third-order valence-electron chi connectivity index (χ3n) is 10.3. The summed E-state index contributed by atoms with van der Waals surface area (Å²) in [5.41, 5.74) is 11.4. The number of aryl methyl sites for hydroxylation is 1. The van der Waals surface area contributed by atoms with E-state index in [1.165, 1.54) is 49.0 Å². The van der Waals surface area contributed by atoms with Crippen molar-refractivity contribution in [2.24, 2.45) is 0 Å². The molecule has 8 aromatic carbocycles. The third-order valence-corrected chi connectivity index (χ3v) is 10.3. The third kappa shape index (κ3) is 4.84. The van der Waals surface area contributed by atoms with Crippen LogP contribution in [0.3, 0.4) is 0 Å². The number of benzene rings is 8. The van der Waals surface area contributed by atoms with Crippen LogP contribution in [0.5, 0.6) is 0 Å². The standard InChI is InChI=1S/C48H34N4/c1-2-51-44-23-13-10-20-40(44)41-31-35(26-29-45(41)51)47-46(49-42-21-11-12-22-43(42)50-47)32-24-27-37(28-25-32)52(36-16-4-3-5-17-36)48-38-18-8-6-14-33(38)30-34-15-7-9-19-39(34)48/h3-31H,2H2,1H3. The molecule has 0 N–H and O–H groups in total. The molecule has 52 heavy (non-hydrogen) atoms. The van der Waals surface area contributed by atoms with Gasteiger partial charge in [-0.25, -0.2) is 9.97 Å². The minimum absolute atomic E-state index is 0.866. The molecule has 0 aliphatic carbocycles. The Morgan fingerprint density at radius 3 is 1.63 bits per heavy atom. The Labute approximate surface area is 301 Å². The van der Waals surface area contributed by atoms with E-state index in [1.54, 1.807) is 0 Å². The van der Waals surface area contributed by atoms with Gasteiger partial charge in [0.05, 0.1) is 28.1 Å². The van der Waals surface area contributed by atoms with Crippen LogP contribution in [-0.2, 0) is 6.54 Å². The summed E-state index contributed by atoms with van der Waals surface area (Å²) in [5, 5.41) is 7.32. The fourth-order valence-corrected chi connectivity index (χ4v) is 7.93. The van der Waals surface area contributed by atoms with Gasteiger partial charge < -0.3 is 9.47 Å². The molecule has 0 bridgehead atoms. The van der Waals surface area contributed by atoms with Gasteiger partial charge in [-0.15, -0.1) is 0 Å². The van der Waals surface area contributed by atoms with Gasteiger partial charge in [0.15, 0.2) is 0 Å². The van der Waals surface area contributed by atoms with Crippen molar-refractivity contribution in [1.82, 2.24) is 14.5 Å². The van der Waals surface area contributed by atoms with E-state index in [0.717, 1.165) is 51.5 Å². The molecule has 2 heterocycles. The molecule has 10 aromatic rings. The van der Waals surface area contributed by atoms with E-state index in [4.69, 9.17) is 9.97 Å². The van der Waals surface area contributed by atoms with Crippen LogP contribution in [0.4, 0.5) is 17.1 Å². The number of hydrogen-bond donors (Lipinski definition) is 0. The van der Waals surface area contributed by atoms with Gasteiger partial charge >= 0.3 is 0 Å². The van der Waals surface area contributed by atoms with Crippen LogP contribution in [-0.4, -0.2) is 14.5 Å². The molecule has 0 saturated heterocycles. The molecular weight excluding hydrogens is 633 g/mol. The zero-order valence-electron chi connectivity index (χ0n) is 28.7. The molecule has 0 radical (unpaired) electrons. The molecule has 0 aliphatic heterocycles. The van der Waals surface area contributed by atoms with Crippen molar-refractivity contribution in [3.05, 3.63) is 176 Å². The molecule has 0 spiro atoms. The van der Waals surface area contributed by atoms with E-state index >= 15 is 0 Å². The van der Waals surface area contributed by atoms with E-state index in [-0.39, 0.29) is 0 Å². The first-order valence-electron chi connectivity index (χ1n) is 17.9.